The van der Waals surface area contributed by atoms with Crippen molar-refractivity contribution in [3.05, 3.63) is 57.8 Å². The quantitative estimate of drug-likeness (QED) is 0.922. The first-order valence-electron chi connectivity index (χ1n) is 5.91. The third-order valence-corrected chi connectivity index (χ3v) is 3.63. The second kappa shape index (κ2) is 6.24. The van der Waals surface area contributed by atoms with E-state index in [0.717, 1.165) is 0 Å². The van der Waals surface area contributed by atoms with Crippen LogP contribution in [0.4, 0.5) is 4.39 Å². The first-order valence-corrected chi connectivity index (χ1v) is 6.70. The van der Waals surface area contributed by atoms with Gasteiger partial charge in [-0.3, -0.25) is 0 Å². The first kappa shape index (κ1) is 14.8. The maximum Gasteiger partial charge on any atom is 0.124 e. The Morgan fingerprint density at radius 2 is 1.65 bits per heavy atom. The number of aliphatic hydroxyl groups excluding tert-OH is 1. The van der Waals surface area contributed by atoms with Crippen LogP contribution in [0.2, 0.25) is 0 Å². The molecule has 0 spiro atoms. The van der Waals surface area contributed by atoms with Crippen LogP contribution in [0.1, 0.15) is 17.2 Å². The SMILES string of the molecule is COc1cc(OC)cc(C(O)c2ccc(F)cc2Br)c1. The zero-order chi connectivity index (χ0) is 14.7. The third kappa shape index (κ3) is 3.11. The summed E-state index contributed by atoms with van der Waals surface area (Å²) in [4.78, 5) is 0. The maximum absolute atomic E-state index is 13.1. The molecule has 0 aromatic heterocycles. The second-order valence-corrected chi connectivity index (χ2v) is 5.07. The average molecular weight is 341 g/mol. The minimum absolute atomic E-state index is 0.365. The number of hydrogen-bond donors (Lipinski definition) is 1. The number of hydrogen-bond acceptors (Lipinski definition) is 3. The molecule has 0 aliphatic carbocycles. The summed E-state index contributed by atoms with van der Waals surface area (Å²) in [6.45, 7) is 0. The average Bonchev–Trinajstić information content (AvgIpc) is 2.46. The number of halogens is 2. The summed E-state index contributed by atoms with van der Waals surface area (Å²) in [6, 6.07) is 9.30. The second-order valence-electron chi connectivity index (χ2n) is 4.21. The number of ether oxygens (including phenoxy) is 2. The molecule has 2 aromatic carbocycles. The molecular weight excluding hydrogens is 327 g/mol. The van der Waals surface area contributed by atoms with Crippen molar-refractivity contribution in [1.29, 1.82) is 0 Å². The fraction of sp³-hybridized carbons (Fsp3) is 0.200. The van der Waals surface area contributed by atoms with Crippen LogP contribution in [0.5, 0.6) is 11.5 Å². The van der Waals surface area contributed by atoms with Gasteiger partial charge in [-0.2, -0.15) is 0 Å². The monoisotopic (exact) mass is 340 g/mol. The van der Waals surface area contributed by atoms with Crippen molar-refractivity contribution < 1.29 is 19.0 Å². The minimum atomic E-state index is -0.908. The molecule has 2 aromatic rings. The van der Waals surface area contributed by atoms with E-state index in [1.165, 1.54) is 18.2 Å². The highest BCUT2D eigenvalue weighted by molar-refractivity contribution is 9.10. The Morgan fingerprint density at radius 3 is 2.15 bits per heavy atom. The van der Waals surface area contributed by atoms with Gasteiger partial charge in [0, 0.05) is 10.5 Å². The van der Waals surface area contributed by atoms with Crippen molar-refractivity contribution in [1.82, 2.24) is 0 Å². The van der Waals surface area contributed by atoms with Gasteiger partial charge in [-0.1, -0.05) is 22.0 Å². The van der Waals surface area contributed by atoms with Gasteiger partial charge >= 0.3 is 0 Å². The van der Waals surface area contributed by atoms with E-state index in [1.807, 2.05) is 0 Å². The molecule has 0 saturated heterocycles. The number of rotatable bonds is 4. The minimum Gasteiger partial charge on any atom is -0.497 e. The highest BCUT2D eigenvalue weighted by Gasteiger charge is 2.16. The molecule has 0 radical (unpaired) electrons. The summed E-state index contributed by atoms with van der Waals surface area (Å²) >= 11 is 3.25. The van der Waals surface area contributed by atoms with Crippen LogP contribution in [-0.2, 0) is 0 Å². The Bertz CT molecular complexity index is 594. The van der Waals surface area contributed by atoms with E-state index in [0.29, 0.717) is 27.1 Å². The maximum atomic E-state index is 13.1. The third-order valence-electron chi connectivity index (χ3n) is 2.95. The van der Waals surface area contributed by atoms with Gasteiger partial charge in [0.2, 0.25) is 0 Å². The van der Waals surface area contributed by atoms with Crippen molar-refractivity contribution in [2.24, 2.45) is 0 Å². The molecule has 1 unspecified atom stereocenters. The van der Waals surface area contributed by atoms with E-state index in [1.54, 1.807) is 32.4 Å². The van der Waals surface area contributed by atoms with E-state index in [4.69, 9.17) is 9.47 Å². The lowest BCUT2D eigenvalue weighted by molar-refractivity contribution is 0.218. The molecule has 0 saturated carbocycles. The fourth-order valence-corrected chi connectivity index (χ4v) is 2.46. The van der Waals surface area contributed by atoms with Crippen molar-refractivity contribution >= 4 is 15.9 Å². The summed E-state index contributed by atoms with van der Waals surface area (Å²) in [7, 11) is 3.08. The van der Waals surface area contributed by atoms with Crippen LogP contribution in [0.25, 0.3) is 0 Å². The van der Waals surface area contributed by atoms with E-state index in [9.17, 15) is 9.50 Å². The Balaban J connectivity index is 2.44. The van der Waals surface area contributed by atoms with Crippen LogP contribution in [0.15, 0.2) is 40.9 Å². The van der Waals surface area contributed by atoms with Crippen LogP contribution in [0.3, 0.4) is 0 Å². The lowest BCUT2D eigenvalue weighted by Gasteiger charge is -2.15. The zero-order valence-corrected chi connectivity index (χ0v) is 12.6. The van der Waals surface area contributed by atoms with Gasteiger partial charge in [-0.25, -0.2) is 4.39 Å². The van der Waals surface area contributed by atoms with Crippen LogP contribution < -0.4 is 9.47 Å². The smallest absolute Gasteiger partial charge is 0.124 e. The number of benzene rings is 2. The molecule has 5 heteroatoms. The molecule has 1 N–H and O–H groups in total. The van der Waals surface area contributed by atoms with Gasteiger partial charge in [0.1, 0.15) is 23.4 Å². The van der Waals surface area contributed by atoms with Crippen LogP contribution in [0, 0.1) is 5.82 Å². The van der Waals surface area contributed by atoms with E-state index < -0.39 is 6.10 Å². The van der Waals surface area contributed by atoms with Gasteiger partial charge in [-0.15, -0.1) is 0 Å². The molecule has 106 valence electrons. The highest BCUT2D eigenvalue weighted by atomic mass is 79.9. The molecule has 3 nitrogen and oxygen atoms in total. The summed E-state index contributed by atoms with van der Waals surface area (Å²) in [6.07, 6.45) is -0.908. The zero-order valence-electron chi connectivity index (χ0n) is 11.1. The topological polar surface area (TPSA) is 38.7 Å². The Kier molecular flexibility index (Phi) is 4.62. The first-order chi connectivity index (χ1) is 9.55. The lowest BCUT2D eigenvalue weighted by atomic mass is 10.0. The molecule has 0 heterocycles. The predicted octanol–water partition coefficient (Wildman–Crippen LogP) is 3.69. The Hall–Kier alpha value is -1.59. The lowest BCUT2D eigenvalue weighted by Crippen LogP contribution is -2.02. The van der Waals surface area contributed by atoms with Gasteiger partial charge in [-0.05, 0) is 35.4 Å². The van der Waals surface area contributed by atoms with Crippen molar-refractivity contribution in [2.45, 2.75) is 6.10 Å². The van der Waals surface area contributed by atoms with Crippen molar-refractivity contribution in [3.8, 4) is 11.5 Å². The molecule has 1 atom stereocenters. The van der Waals surface area contributed by atoms with Gasteiger partial charge < -0.3 is 14.6 Å². The summed E-state index contributed by atoms with van der Waals surface area (Å²) < 4.78 is 23.9. The largest absolute Gasteiger partial charge is 0.497 e. The highest BCUT2D eigenvalue weighted by Crippen LogP contribution is 2.33. The van der Waals surface area contributed by atoms with Gasteiger partial charge in [0.25, 0.3) is 0 Å². The summed E-state index contributed by atoms with van der Waals surface area (Å²) in [5.41, 5.74) is 1.18. The van der Waals surface area contributed by atoms with Gasteiger partial charge in [0.05, 0.1) is 14.2 Å². The van der Waals surface area contributed by atoms with E-state index in [2.05, 4.69) is 15.9 Å². The molecule has 0 bridgehead atoms. The number of methoxy groups -OCH3 is 2. The standard InChI is InChI=1S/C15H14BrFO3/c1-19-11-5-9(6-12(8-11)20-2)15(18)13-4-3-10(17)7-14(13)16/h3-8,15,18H,1-2H3. The Labute approximate surface area is 125 Å². The van der Waals surface area contributed by atoms with E-state index >= 15 is 0 Å². The molecule has 0 amide bonds. The fourth-order valence-electron chi connectivity index (χ4n) is 1.89. The summed E-state index contributed by atoms with van der Waals surface area (Å²) in [5.74, 6) is 0.796. The normalized spacial score (nSPS) is 12.1. The predicted molar refractivity (Wildman–Crippen MR) is 77.7 cm³/mol. The van der Waals surface area contributed by atoms with E-state index in [-0.39, 0.29) is 5.82 Å². The van der Waals surface area contributed by atoms with Crippen molar-refractivity contribution in [3.63, 3.8) is 0 Å². The molecule has 2 rings (SSSR count). The summed E-state index contributed by atoms with van der Waals surface area (Å²) in [5, 5.41) is 10.4. The van der Waals surface area contributed by atoms with Crippen LogP contribution in [-0.4, -0.2) is 19.3 Å². The van der Waals surface area contributed by atoms with Crippen LogP contribution >= 0.6 is 15.9 Å². The van der Waals surface area contributed by atoms with Crippen molar-refractivity contribution in [2.75, 3.05) is 14.2 Å². The number of aliphatic hydroxyl groups is 1. The molecular formula is C15H14BrFO3. The molecule has 0 aliphatic heterocycles. The van der Waals surface area contributed by atoms with Gasteiger partial charge in [0.15, 0.2) is 0 Å². The Morgan fingerprint density at radius 1 is 1.05 bits per heavy atom. The molecule has 0 fully saturated rings. The molecule has 20 heavy (non-hydrogen) atoms. The molecule has 0 aliphatic rings.